The van der Waals surface area contributed by atoms with Gasteiger partial charge < -0.3 is 24.8 Å². The molecule has 1 heterocycles. The first-order chi connectivity index (χ1) is 12.5. The molecule has 0 aromatic heterocycles. The molecule has 8 nitrogen and oxygen atoms in total. The Hall–Kier alpha value is -2.32. The van der Waals surface area contributed by atoms with Crippen molar-refractivity contribution in [3.05, 3.63) is 23.8 Å². The van der Waals surface area contributed by atoms with Gasteiger partial charge in [0.15, 0.2) is 11.5 Å². The Labute approximate surface area is 153 Å². The summed E-state index contributed by atoms with van der Waals surface area (Å²) in [5, 5.41) is 5.34. The number of hydrogen-bond acceptors (Lipinski definition) is 6. The normalized spacial score (nSPS) is 15.8. The number of carbonyl (C=O) groups is 2. The highest BCUT2D eigenvalue weighted by atomic mass is 16.5. The van der Waals surface area contributed by atoms with Crippen LogP contribution in [-0.4, -0.2) is 70.3 Å². The Balaban J connectivity index is 1.80. The van der Waals surface area contributed by atoms with Crippen LogP contribution in [0, 0.1) is 0 Å². The summed E-state index contributed by atoms with van der Waals surface area (Å²) in [7, 11) is 3.11. The lowest BCUT2D eigenvalue weighted by Gasteiger charge is -2.26. The molecular weight excluding hydrogens is 338 g/mol. The van der Waals surface area contributed by atoms with Gasteiger partial charge in [0.1, 0.15) is 0 Å². The average Bonchev–Trinajstić information content (AvgIpc) is 2.67. The third-order valence-electron chi connectivity index (χ3n) is 4.28. The Morgan fingerprint density at radius 2 is 1.85 bits per heavy atom. The van der Waals surface area contributed by atoms with Crippen LogP contribution in [0.5, 0.6) is 11.5 Å². The topological polar surface area (TPSA) is 89.1 Å². The van der Waals surface area contributed by atoms with Crippen molar-refractivity contribution < 1.29 is 23.8 Å². The van der Waals surface area contributed by atoms with Gasteiger partial charge in [0, 0.05) is 26.2 Å². The van der Waals surface area contributed by atoms with Gasteiger partial charge in [-0.05, 0) is 24.6 Å². The van der Waals surface area contributed by atoms with Crippen molar-refractivity contribution in [1.82, 2.24) is 15.5 Å². The number of methoxy groups -OCH3 is 2. The van der Waals surface area contributed by atoms with Crippen LogP contribution in [0.3, 0.4) is 0 Å². The minimum absolute atomic E-state index is 0.340. The molecule has 1 aromatic rings. The predicted molar refractivity (Wildman–Crippen MR) is 96.4 cm³/mol. The van der Waals surface area contributed by atoms with Gasteiger partial charge in [0.05, 0.1) is 33.5 Å². The lowest BCUT2D eigenvalue weighted by atomic mass is 10.1. The number of carbonyl (C=O) groups excluding carboxylic acids is 2. The van der Waals surface area contributed by atoms with Crippen LogP contribution in [0.15, 0.2) is 18.2 Å². The first-order valence-electron chi connectivity index (χ1n) is 8.66. The molecule has 2 N–H and O–H groups in total. The van der Waals surface area contributed by atoms with Crippen molar-refractivity contribution in [2.45, 2.75) is 13.0 Å². The minimum Gasteiger partial charge on any atom is -0.493 e. The summed E-state index contributed by atoms with van der Waals surface area (Å²) in [6.07, 6.45) is 0. The molecule has 2 amide bonds. The molecule has 1 fully saturated rings. The Morgan fingerprint density at radius 1 is 1.15 bits per heavy atom. The quantitative estimate of drug-likeness (QED) is 0.677. The molecule has 2 rings (SSSR count). The van der Waals surface area contributed by atoms with Crippen LogP contribution in [0.1, 0.15) is 18.5 Å². The molecular formula is C18H27N3O5. The van der Waals surface area contributed by atoms with Gasteiger partial charge in [-0.15, -0.1) is 0 Å². The molecule has 0 saturated carbocycles. The fourth-order valence-corrected chi connectivity index (χ4v) is 2.70. The zero-order chi connectivity index (χ0) is 18.9. The SMILES string of the molecule is COc1ccc(C(C)NC(=O)C(=O)NCCN2CCOCC2)cc1OC. The summed E-state index contributed by atoms with van der Waals surface area (Å²) in [5.41, 5.74) is 0.817. The molecule has 1 saturated heterocycles. The molecule has 0 radical (unpaired) electrons. The number of rotatable bonds is 7. The Morgan fingerprint density at radius 3 is 2.50 bits per heavy atom. The van der Waals surface area contributed by atoms with Crippen LogP contribution >= 0.6 is 0 Å². The highest BCUT2D eigenvalue weighted by Gasteiger charge is 2.18. The monoisotopic (exact) mass is 365 g/mol. The van der Waals surface area contributed by atoms with Crippen LogP contribution < -0.4 is 20.1 Å². The second-order valence-corrected chi connectivity index (χ2v) is 6.02. The second-order valence-electron chi connectivity index (χ2n) is 6.02. The van der Waals surface area contributed by atoms with Gasteiger partial charge in [-0.1, -0.05) is 6.07 Å². The molecule has 0 bridgehead atoms. The molecule has 1 aromatic carbocycles. The molecule has 1 aliphatic rings. The van der Waals surface area contributed by atoms with Crippen molar-refractivity contribution in [2.75, 3.05) is 53.6 Å². The summed E-state index contributed by atoms with van der Waals surface area (Å²) >= 11 is 0. The zero-order valence-electron chi connectivity index (χ0n) is 15.5. The minimum atomic E-state index is -0.658. The van der Waals surface area contributed by atoms with E-state index in [0.29, 0.717) is 37.8 Å². The van der Waals surface area contributed by atoms with E-state index in [2.05, 4.69) is 15.5 Å². The van der Waals surface area contributed by atoms with E-state index in [4.69, 9.17) is 14.2 Å². The first-order valence-corrected chi connectivity index (χ1v) is 8.66. The number of morpholine rings is 1. The number of ether oxygens (including phenoxy) is 3. The largest absolute Gasteiger partial charge is 0.493 e. The summed E-state index contributed by atoms with van der Waals surface area (Å²) in [6.45, 7) is 6.04. The summed E-state index contributed by atoms with van der Waals surface area (Å²) < 4.78 is 15.7. The molecule has 1 unspecified atom stereocenters. The van der Waals surface area contributed by atoms with Gasteiger partial charge >= 0.3 is 11.8 Å². The summed E-state index contributed by atoms with van der Waals surface area (Å²) in [5.74, 6) is -0.114. The lowest BCUT2D eigenvalue weighted by molar-refractivity contribution is -0.139. The van der Waals surface area contributed by atoms with Crippen molar-refractivity contribution >= 4 is 11.8 Å². The highest BCUT2D eigenvalue weighted by molar-refractivity contribution is 6.35. The maximum Gasteiger partial charge on any atom is 0.309 e. The van der Waals surface area contributed by atoms with Crippen LogP contribution in [0.4, 0.5) is 0 Å². The number of nitrogens with zero attached hydrogens (tertiary/aromatic N) is 1. The third-order valence-corrected chi connectivity index (χ3v) is 4.28. The number of amides is 2. The van der Waals surface area contributed by atoms with E-state index < -0.39 is 11.8 Å². The van der Waals surface area contributed by atoms with Crippen molar-refractivity contribution in [2.24, 2.45) is 0 Å². The predicted octanol–water partition coefficient (Wildman–Crippen LogP) is 0.329. The fourth-order valence-electron chi connectivity index (χ4n) is 2.70. The third kappa shape index (κ3) is 5.60. The van der Waals surface area contributed by atoms with E-state index in [1.54, 1.807) is 33.3 Å². The molecule has 1 aliphatic heterocycles. The highest BCUT2D eigenvalue weighted by Crippen LogP contribution is 2.29. The Bertz CT molecular complexity index is 617. The molecule has 26 heavy (non-hydrogen) atoms. The van der Waals surface area contributed by atoms with Gasteiger partial charge in [0.25, 0.3) is 0 Å². The van der Waals surface area contributed by atoms with E-state index in [0.717, 1.165) is 18.7 Å². The van der Waals surface area contributed by atoms with Gasteiger partial charge in [-0.2, -0.15) is 0 Å². The lowest BCUT2D eigenvalue weighted by Crippen LogP contribution is -2.45. The van der Waals surface area contributed by atoms with Gasteiger partial charge in [-0.3, -0.25) is 14.5 Å². The second kappa shape index (κ2) is 9.98. The standard InChI is InChI=1S/C18H27N3O5/c1-13(14-4-5-15(24-2)16(12-14)25-3)20-18(23)17(22)19-6-7-21-8-10-26-11-9-21/h4-5,12-13H,6-11H2,1-3H3,(H,19,22)(H,20,23). The molecule has 144 valence electrons. The van der Waals surface area contributed by atoms with Crippen LogP contribution in [0.2, 0.25) is 0 Å². The fraction of sp³-hybridized carbons (Fsp3) is 0.556. The van der Waals surface area contributed by atoms with Crippen LogP contribution in [0.25, 0.3) is 0 Å². The van der Waals surface area contributed by atoms with Gasteiger partial charge in [-0.25, -0.2) is 0 Å². The Kier molecular flexibility index (Phi) is 7.68. The maximum atomic E-state index is 12.1. The summed E-state index contributed by atoms with van der Waals surface area (Å²) in [6, 6.07) is 5.02. The molecule has 0 spiro atoms. The smallest absolute Gasteiger partial charge is 0.309 e. The number of nitrogens with one attached hydrogen (secondary N) is 2. The van der Waals surface area contributed by atoms with Crippen molar-refractivity contribution in [3.63, 3.8) is 0 Å². The molecule has 0 aliphatic carbocycles. The zero-order valence-corrected chi connectivity index (χ0v) is 15.5. The van der Waals surface area contributed by atoms with Crippen LogP contribution in [-0.2, 0) is 14.3 Å². The molecule has 8 heteroatoms. The van der Waals surface area contributed by atoms with E-state index >= 15 is 0 Å². The summed E-state index contributed by atoms with van der Waals surface area (Å²) in [4.78, 5) is 26.2. The van der Waals surface area contributed by atoms with Crippen molar-refractivity contribution in [3.8, 4) is 11.5 Å². The number of hydrogen-bond donors (Lipinski definition) is 2. The van der Waals surface area contributed by atoms with E-state index in [1.807, 2.05) is 6.07 Å². The first kappa shape index (κ1) is 20.0. The van der Waals surface area contributed by atoms with E-state index in [9.17, 15) is 9.59 Å². The molecule has 1 atom stereocenters. The number of benzene rings is 1. The van der Waals surface area contributed by atoms with Gasteiger partial charge in [0.2, 0.25) is 0 Å². The average molecular weight is 365 g/mol. The maximum absolute atomic E-state index is 12.1. The van der Waals surface area contributed by atoms with E-state index in [1.165, 1.54) is 0 Å². The van der Waals surface area contributed by atoms with Crippen molar-refractivity contribution in [1.29, 1.82) is 0 Å². The van der Waals surface area contributed by atoms with E-state index in [-0.39, 0.29) is 6.04 Å².